The van der Waals surface area contributed by atoms with Gasteiger partial charge in [-0.3, -0.25) is 0 Å². The molecule has 2 nitrogen and oxygen atoms in total. The first kappa shape index (κ1) is 4.65. The molecule has 7 heavy (non-hydrogen) atoms. The number of hydrogen-bond donors (Lipinski definition) is 0. The minimum absolute atomic E-state index is 0.415. The van der Waals surface area contributed by atoms with Crippen molar-refractivity contribution < 1.29 is 4.74 Å². The summed E-state index contributed by atoms with van der Waals surface area (Å²) in [5.41, 5.74) is 0. The Hall–Kier alpha value is -0.500. The van der Waals surface area contributed by atoms with E-state index in [-0.39, 0.29) is 0 Å². The summed E-state index contributed by atoms with van der Waals surface area (Å²) in [6.07, 6.45) is 3.03. The molecule has 0 radical (unpaired) electrons. The van der Waals surface area contributed by atoms with Crippen LogP contribution in [0.5, 0.6) is 0 Å². The zero-order valence-electron chi connectivity index (χ0n) is 3.60. The first-order valence-corrected chi connectivity index (χ1v) is 2.26. The molecule has 0 saturated heterocycles. The number of halogens is 1. The molecule has 0 amide bonds. The van der Waals surface area contributed by atoms with Crippen molar-refractivity contribution in [1.82, 2.24) is 0 Å². The minimum atomic E-state index is 0.415. The molecule has 1 rings (SSSR count). The van der Waals surface area contributed by atoms with Gasteiger partial charge in [0.25, 0.3) is 0 Å². The fourth-order valence-electron chi connectivity index (χ4n) is 0.308. The zero-order chi connectivity index (χ0) is 5.11. The van der Waals surface area contributed by atoms with Gasteiger partial charge in [0.2, 0.25) is 0 Å². The molecule has 0 aliphatic carbocycles. The Morgan fingerprint density at radius 2 is 2.71 bits per heavy atom. The number of hydrogen-bond acceptors (Lipinski definition) is 2. The SMILES string of the molecule is ClC1=NC=COC1. The average Bonchev–Trinajstić information content (AvgIpc) is 1.69. The molecule has 0 N–H and O–H groups in total. The van der Waals surface area contributed by atoms with Crippen LogP contribution in [0, 0.1) is 0 Å². The maximum atomic E-state index is 5.39. The summed E-state index contributed by atoms with van der Waals surface area (Å²) in [5, 5.41) is 0.502. The third kappa shape index (κ3) is 1.20. The molecular formula is C4H4ClNO. The number of nitrogens with zero attached hydrogens (tertiary/aromatic N) is 1. The van der Waals surface area contributed by atoms with Gasteiger partial charge in [0.05, 0.1) is 6.20 Å². The van der Waals surface area contributed by atoms with Crippen LogP contribution in [0.25, 0.3) is 0 Å². The Bertz CT molecular complexity index is 119. The van der Waals surface area contributed by atoms with Gasteiger partial charge < -0.3 is 4.74 Å². The van der Waals surface area contributed by atoms with Crippen LogP contribution < -0.4 is 0 Å². The van der Waals surface area contributed by atoms with Gasteiger partial charge in [-0.05, 0) is 0 Å². The molecule has 3 heteroatoms. The van der Waals surface area contributed by atoms with Crippen molar-refractivity contribution in [1.29, 1.82) is 0 Å². The predicted molar refractivity (Wildman–Crippen MR) is 28.4 cm³/mol. The fraction of sp³-hybridized carbons (Fsp3) is 0.250. The molecule has 0 spiro atoms. The topological polar surface area (TPSA) is 21.6 Å². The van der Waals surface area contributed by atoms with Gasteiger partial charge in [0.1, 0.15) is 18.0 Å². The Morgan fingerprint density at radius 3 is 3.00 bits per heavy atom. The molecule has 0 fully saturated rings. The molecule has 38 valence electrons. The van der Waals surface area contributed by atoms with Crippen LogP contribution in [0.3, 0.4) is 0 Å². The van der Waals surface area contributed by atoms with Crippen molar-refractivity contribution in [2.45, 2.75) is 0 Å². The van der Waals surface area contributed by atoms with E-state index in [1.165, 1.54) is 12.5 Å². The first-order chi connectivity index (χ1) is 3.39. The van der Waals surface area contributed by atoms with Crippen molar-refractivity contribution in [3.05, 3.63) is 12.5 Å². The smallest absolute Gasteiger partial charge is 0.143 e. The molecule has 0 atom stereocenters. The van der Waals surface area contributed by atoms with E-state index in [0.29, 0.717) is 11.8 Å². The average molecular weight is 118 g/mol. The van der Waals surface area contributed by atoms with Crippen molar-refractivity contribution in [3.8, 4) is 0 Å². The van der Waals surface area contributed by atoms with Crippen LogP contribution in [0.15, 0.2) is 17.5 Å². The summed E-state index contributed by atoms with van der Waals surface area (Å²) in [6.45, 7) is 0.415. The van der Waals surface area contributed by atoms with E-state index >= 15 is 0 Å². The fourth-order valence-corrected chi connectivity index (χ4v) is 0.428. The molecule has 0 aromatic carbocycles. The van der Waals surface area contributed by atoms with Crippen molar-refractivity contribution in [2.75, 3.05) is 6.61 Å². The van der Waals surface area contributed by atoms with Crippen LogP contribution in [0.1, 0.15) is 0 Å². The van der Waals surface area contributed by atoms with E-state index < -0.39 is 0 Å². The van der Waals surface area contributed by atoms with Gasteiger partial charge in [-0.2, -0.15) is 0 Å². The van der Waals surface area contributed by atoms with Crippen molar-refractivity contribution in [2.24, 2.45) is 4.99 Å². The summed E-state index contributed by atoms with van der Waals surface area (Å²) in [7, 11) is 0. The van der Waals surface area contributed by atoms with Gasteiger partial charge in [0.15, 0.2) is 0 Å². The zero-order valence-corrected chi connectivity index (χ0v) is 4.35. The van der Waals surface area contributed by atoms with Crippen LogP contribution >= 0.6 is 11.6 Å². The van der Waals surface area contributed by atoms with Gasteiger partial charge in [0, 0.05) is 0 Å². The maximum absolute atomic E-state index is 5.39. The van der Waals surface area contributed by atoms with Crippen molar-refractivity contribution >= 4 is 16.8 Å². The monoisotopic (exact) mass is 117 g/mol. The highest BCUT2D eigenvalue weighted by atomic mass is 35.5. The second-order valence-electron chi connectivity index (χ2n) is 1.10. The summed E-state index contributed by atoms with van der Waals surface area (Å²) in [5.74, 6) is 0. The lowest BCUT2D eigenvalue weighted by Gasteiger charge is -1.99. The molecule has 0 unspecified atom stereocenters. The van der Waals surface area contributed by atoms with Gasteiger partial charge >= 0.3 is 0 Å². The second kappa shape index (κ2) is 1.98. The second-order valence-corrected chi connectivity index (χ2v) is 1.54. The van der Waals surface area contributed by atoms with Crippen LogP contribution in [-0.2, 0) is 4.74 Å². The summed E-state index contributed by atoms with van der Waals surface area (Å²) >= 11 is 5.39. The third-order valence-electron chi connectivity index (χ3n) is 0.574. The van der Waals surface area contributed by atoms with Crippen LogP contribution in [0.4, 0.5) is 0 Å². The molecular weight excluding hydrogens is 114 g/mol. The normalized spacial score (nSPS) is 18.1. The van der Waals surface area contributed by atoms with E-state index in [2.05, 4.69) is 4.99 Å². The van der Waals surface area contributed by atoms with Crippen LogP contribution in [-0.4, -0.2) is 11.8 Å². The molecule has 1 aliphatic heterocycles. The minimum Gasteiger partial charge on any atom is -0.492 e. The summed E-state index contributed by atoms with van der Waals surface area (Å²) < 4.78 is 4.74. The van der Waals surface area contributed by atoms with E-state index in [0.717, 1.165) is 0 Å². The van der Waals surface area contributed by atoms with Gasteiger partial charge in [-0.1, -0.05) is 11.6 Å². The Labute approximate surface area is 46.5 Å². The molecule has 0 bridgehead atoms. The molecule has 1 heterocycles. The van der Waals surface area contributed by atoms with Gasteiger partial charge in [-0.15, -0.1) is 0 Å². The van der Waals surface area contributed by atoms with E-state index in [9.17, 15) is 0 Å². The lowest BCUT2D eigenvalue weighted by molar-refractivity contribution is 0.299. The molecule has 0 aromatic rings. The molecule has 0 saturated carbocycles. The Kier molecular flexibility index (Phi) is 1.32. The first-order valence-electron chi connectivity index (χ1n) is 1.88. The highest BCUT2D eigenvalue weighted by Gasteiger charge is 1.93. The molecule has 0 aromatic heterocycles. The number of rotatable bonds is 0. The largest absolute Gasteiger partial charge is 0.492 e. The van der Waals surface area contributed by atoms with Gasteiger partial charge in [-0.25, -0.2) is 4.99 Å². The lowest BCUT2D eigenvalue weighted by atomic mass is 10.7. The summed E-state index contributed by atoms with van der Waals surface area (Å²) in [4.78, 5) is 3.71. The summed E-state index contributed by atoms with van der Waals surface area (Å²) in [6, 6.07) is 0. The van der Waals surface area contributed by atoms with E-state index in [1.807, 2.05) is 0 Å². The third-order valence-corrected chi connectivity index (χ3v) is 0.781. The Morgan fingerprint density at radius 1 is 1.86 bits per heavy atom. The van der Waals surface area contributed by atoms with E-state index in [4.69, 9.17) is 16.3 Å². The standard InChI is InChI=1S/C4H4ClNO/c5-4-3-7-2-1-6-4/h1-2H,3H2. The highest BCUT2D eigenvalue weighted by molar-refractivity contribution is 6.66. The van der Waals surface area contributed by atoms with Crippen LogP contribution in [0.2, 0.25) is 0 Å². The predicted octanol–water partition coefficient (Wildman–Crippen LogP) is 1.13. The number of aliphatic imine (C=N–C) groups is 1. The quantitative estimate of drug-likeness (QED) is 0.466. The lowest BCUT2D eigenvalue weighted by Crippen LogP contribution is -1.99. The molecule has 1 aliphatic rings. The number of ether oxygens (including phenoxy) is 1. The maximum Gasteiger partial charge on any atom is 0.143 e. The Balaban J connectivity index is 2.57. The van der Waals surface area contributed by atoms with Crippen molar-refractivity contribution in [3.63, 3.8) is 0 Å². The van der Waals surface area contributed by atoms with E-state index in [1.54, 1.807) is 0 Å². The highest BCUT2D eigenvalue weighted by Crippen LogP contribution is 1.94.